The molecule has 0 saturated heterocycles. The highest BCUT2D eigenvalue weighted by Crippen LogP contribution is 2.19. The first-order valence-corrected chi connectivity index (χ1v) is 4.70. The number of hydrogen-bond donors (Lipinski definition) is 3. The van der Waals surface area contributed by atoms with Crippen LogP contribution in [0.15, 0.2) is 24.5 Å². The molecule has 1 heterocycles. The van der Waals surface area contributed by atoms with Gasteiger partial charge in [0.15, 0.2) is 0 Å². The van der Waals surface area contributed by atoms with Gasteiger partial charge >= 0.3 is 0 Å². The molecular formula is C10H13N5. The molecule has 15 heavy (non-hydrogen) atoms. The maximum atomic E-state index is 5.85. The van der Waals surface area contributed by atoms with E-state index in [-0.39, 0.29) is 0 Å². The van der Waals surface area contributed by atoms with E-state index in [1.807, 2.05) is 25.1 Å². The molecule has 2 aromatic rings. The summed E-state index contributed by atoms with van der Waals surface area (Å²) in [5.74, 6) is 0.787. The fourth-order valence-electron chi connectivity index (χ4n) is 1.34. The molecule has 4 N–H and O–H groups in total. The van der Waals surface area contributed by atoms with Crippen molar-refractivity contribution in [1.82, 2.24) is 15.2 Å². The van der Waals surface area contributed by atoms with E-state index in [9.17, 15) is 0 Å². The van der Waals surface area contributed by atoms with E-state index in [0.717, 1.165) is 22.8 Å². The molecule has 0 bridgehead atoms. The molecule has 1 aromatic carbocycles. The van der Waals surface area contributed by atoms with E-state index in [4.69, 9.17) is 5.73 Å². The third-order valence-corrected chi connectivity index (χ3v) is 2.12. The van der Waals surface area contributed by atoms with Gasteiger partial charge in [-0.25, -0.2) is 4.98 Å². The minimum atomic E-state index is 0.591. The molecule has 1 aromatic heterocycles. The maximum absolute atomic E-state index is 5.85. The number of aromatic nitrogens is 3. The fourth-order valence-corrected chi connectivity index (χ4v) is 1.34. The number of nitrogens with one attached hydrogen (secondary N) is 2. The van der Waals surface area contributed by atoms with Gasteiger partial charge in [0, 0.05) is 0 Å². The van der Waals surface area contributed by atoms with Crippen molar-refractivity contribution in [1.29, 1.82) is 0 Å². The van der Waals surface area contributed by atoms with Crippen molar-refractivity contribution in [3.05, 3.63) is 35.9 Å². The molecule has 2 rings (SSSR count). The average Bonchev–Trinajstić information content (AvgIpc) is 2.69. The topological polar surface area (TPSA) is 79.6 Å². The minimum absolute atomic E-state index is 0.591. The number of benzene rings is 1. The second-order valence-electron chi connectivity index (χ2n) is 3.38. The predicted octanol–water partition coefficient (Wildman–Crippen LogP) is 1.31. The van der Waals surface area contributed by atoms with Crippen molar-refractivity contribution < 1.29 is 0 Å². The Balaban J connectivity index is 2.05. The molecule has 0 aliphatic carbocycles. The summed E-state index contributed by atoms with van der Waals surface area (Å²) in [5.41, 5.74) is 8.66. The van der Waals surface area contributed by atoms with Gasteiger partial charge in [-0.2, -0.15) is 5.10 Å². The standard InChI is InChI=1S/C10H13N5/c1-7-2-3-9(8(11)4-7)12-5-10-13-6-14-15-10/h2-4,6,12H,5,11H2,1H3,(H,13,14,15). The molecule has 0 saturated carbocycles. The molecule has 0 atom stereocenters. The van der Waals surface area contributed by atoms with Gasteiger partial charge < -0.3 is 11.1 Å². The fraction of sp³-hybridized carbons (Fsp3) is 0.200. The van der Waals surface area contributed by atoms with Crippen LogP contribution in [0.25, 0.3) is 0 Å². The first-order chi connectivity index (χ1) is 7.25. The molecule has 0 aliphatic heterocycles. The first kappa shape index (κ1) is 9.51. The molecule has 5 nitrogen and oxygen atoms in total. The van der Waals surface area contributed by atoms with Crippen LogP contribution in [0.1, 0.15) is 11.4 Å². The molecule has 0 amide bonds. The zero-order valence-corrected chi connectivity index (χ0v) is 8.49. The van der Waals surface area contributed by atoms with E-state index in [2.05, 4.69) is 20.5 Å². The summed E-state index contributed by atoms with van der Waals surface area (Å²) in [7, 11) is 0. The van der Waals surface area contributed by atoms with Gasteiger partial charge in [0.1, 0.15) is 12.2 Å². The number of nitrogens with zero attached hydrogens (tertiary/aromatic N) is 2. The Morgan fingerprint density at radius 3 is 3.00 bits per heavy atom. The zero-order valence-electron chi connectivity index (χ0n) is 8.49. The van der Waals surface area contributed by atoms with E-state index in [1.54, 1.807) is 0 Å². The van der Waals surface area contributed by atoms with Gasteiger partial charge in [-0.3, -0.25) is 5.10 Å². The van der Waals surface area contributed by atoms with Crippen LogP contribution >= 0.6 is 0 Å². The van der Waals surface area contributed by atoms with Gasteiger partial charge in [0.2, 0.25) is 0 Å². The number of nitrogen functional groups attached to an aromatic ring is 1. The van der Waals surface area contributed by atoms with Crippen molar-refractivity contribution >= 4 is 11.4 Å². The van der Waals surface area contributed by atoms with Crippen molar-refractivity contribution in [2.75, 3.05) is 11.1 Å². The maximum Gasteiger partial charge on any atom is 0.143 e. The highest BCUT2D eigenvalue weighted by atomic mass is 15.2. The van der Waals surface area contributed by atoms with Crippen LogP contribution in [-0.2, 0) is 6.54 Å². The van der Waals surface area contributed by atoms with Crippen LogP contribution in [-0.4, -0.2) is 15.2 Å². The van der Waals surface area contributed by atoms with Crippen LogP contribution in [0, 0.1) is 6.92 Å². The molecule has 0 spiro atoms. The molecule has 0 aliphatic rings. The normalized spacial score (nSPS) is 10.2. The van der Waals surface area contributed by atoms with Crippen LogP contribution in [0.4, 0.5) is 11.4 Å². The smallest absolute Gasteiger partial charge is 0.143 e. The van der Waals surface area contributed by atoms with E-state index in [1.165, 1.54) is 6.33 Å². The number of anilines is 2. The Morgan fingerprint density at radius 1 is 1.47 bits per heavy atom. The van der Waals surface area contributed by atoms with Crippen molar-refractivity contribution in [2.45, 2.75) is 13.5 Å². The van der Waals surface area contributed by atoms with E-state index < -0.39 is 0 Å². The lowest BCUT2D eigenvalue weighted by Crippen LogP contribution is -2.04. The molecule has 0 unspecified atom stereocenters. The Kier molecular flexibility index (Phi) is 2.53. The van der Waals surface area contributed by atoms with Crippen molar-refractivity contribution in [3.8, 4) is 0 Å². The zero-order chi connectivity index (χ0) is 10.7. The SMILES string of the molecule is Cc1ccc(NCc2ncn[nH]2)c(N)c1. The highest BCUT2D eigenvalue weighted by molar-refractivity contribution is 5.66. The lowest BCUT2D eigenvalue weighted by Gasteiger charge is -2.08. The number of hydrogen-bond acceptors (Lipinski definition) is 4. The van der Waals surface area contributed by atoms with Crippen molar-refractivity contribution in [3.63, 3.8) is 0 Å². The largest absolute Gasteiger partial charge is 0.397 e. The Hall–Kier alpha value is -2.04. The van der Waals surface area contributed by atoms with Gasteiger partial charge in [-0.05, 0) is 24.6 Å². The van der Waals surface area contributed by atoms with Crippen LogP contribution in [0.3, 0.4) is 0 Å². The van der Waals surface area contributed by atoms with E-state index >= 15 is 0 Å². The van der Waals surface area contributed by atoms with Crippen LogP contribution in [0.5, 0.6) is 0 Å². The summed E-state index contributed by atoms with van der Waals surface area (Å²) in [5, 5.41) is 9.72. The lowest BCUT2D eigenvalue weighted by molar-refractivity contribution is 0.955. The van der Waals surface area contributed by atoms with Gasteiger partial charge in [-0.1, -0.05) is 6.07 Å². The van der Waals surface area contributed by atoms with Crippen LogP contribution in [0.2, 0.25) is 0 Å². The Bertz CT molecular complexity index is 435. The summed E-state index contributed by atoms with van der Waals surface area (Å²) < 4.78 is 0. The Labute approximate surface area is 87.7 Å². The van der Waals surface area contributed by atoms with Gasteiger partial charge in [-0.15, -0.1) is 0 Å². The first-order valence-electron chi connectivity index (χ1n) is 4.70. The van der Waals surface area contributed by atoms with Gasteiger partial charge in [0.05, 0.1) is 17.9 Å². The molecule has 78 valence electrons. The number of rotatable bonds is 3. The highest BCUT2D eigenvalue weighted by Gasteiger charge is 1.99. The molecule has 0 fully saturated rings. The summed E-state index contributed by atoms with van der Waals surface area (Å²) >= 11 is 0. The quantitative estimate of drug-likeness (QED) is 0.657. The summed E-state index contributed by atoms with van der Waals surface area (Å²) in [6, 6.07) is 5.91. The minimum Gasteiger partial charge on any atom is -0.397 e. The Morgan fingerprint density at radius 2 is 2.33 bits per heavy atom. The number of aryl methyl sites for hydroxylation is 1. The third kappa shape index (κ3) is 2.25. The number of aromatic amines is 1. The summed E-state index contributed by atoms with van der Waals surface area (Å²) in [6.45, 7) is 2.60. The average molecular weight is 203 g/mol. The third-order valence-electron chi connectivity index (χ3n) is 2.12. The number of nitrogens with two attached hydrogens (primary N) is 1. The molecular weight excluding hydrogens is 190 g/mol. The monoisotopic (exact) mass is 203 g/mol. The van der Waals surface area contributed by atoms with Gasteiger partial charge in [0.25, 0.3) is 0 Å². The second-order valence-corrected chi connectivity index (χ2v) is 3.38. The van der Waals surface area contributed by atoms with Crippen LogP contribution < -0.4 is 11.1 Å². The van der Waals surface area contributed by atoms with Crippen molar-refractivity contribution in [2.24, 2.45) is 0 Å². The van der Waals surface area contributed by atoms with E-state index in [0.29, 0.717) is 6.54 Å². The summed E-state index contributed by atoms with van der Waals surface area (Å²) in [4.78, 5) is 4.01. The lowest BCUT2D eigenvalue weighted by atomic mass is 10.2. The molecule has 5 heteroatoms. The predicted molar refractivity (Wildman–Crippen MR) is 59.3 cm³/mol. The molecule has 0 radical (unpaired) electrons. The second kappa shape index (κ2) is 4.00. The summed E-state index contributed by atoms with van der Waals surface area (Å²) in [6.07, 6.45) is 1.48. The number of H-pyrrole nitrogens is 1.